The number of nitrogens with one attached hydrogen (secondary N) is 1. The lowest BCUT2D eigenvalue weighted by Gasteiger charge is -1.91. The molecule has 0 unspecified atom stereocenters. The van der Waals surface area contributed by atoms with Crippen LogP contribution in [0.3, 0.4) is 0 Å². The van der Waals surface area contributed by atoms with Crippen LogP contribution in [0.15, 0.2) is 24.5 Å². The molecule has 0 spiro atoms. The molecule has 0 radical (unpaired) electrons. The molecule has 0 atom stereocenters. The molecule has 3 heterocycles. The second-order valence-electron chi connectivity index (χ2n) is 3.92. The standard InChI is InChI=1S/C12H11ClN4S/c1-7-11(18-12(14-2)15-7)9-6-17-5-8(13)3-4-10(17)16-9/h3-6H,1-2H3,(H,14,15). The Hall–Kier alpha value is -1.59. The maximum Gasteiger partial charge on any atom is 0.183 e. The molecule has 0 fully saturated rings. The second kappa shape index (κ2) is 4.26. The van der Waals surface area contributed by atoms with Gasteiger partial charge in [-0.25, -0.2) is 9.97 Å². The van der Waals surface area contributed by atoms with Crippen LogP contribution in [0.25, 0.3) is 16.2 Å². The molecule has 0 aromatic carbocycles. The Labute approximate surface area is 113 Å². The number of halogens is 1. The first-order valence-corrected chi connectivity index (χ1v) is 6.66. The van der Waals surface area contributed by atoms with Gasteiger partial charge in [-0.1, -0.05) is 22.9 Å². The molecule has 0 aliphatic rings. The number of rotatable bonds is 2. The fraction of sp³-hybridized carbons (Fsp3) is 0.167. The SMILES string of the molecule is CNc1nc(C)c(-c2cn3cc(Cl)ccc3n2)s1. The van der Waals surface area contributed by atoms with Crippen LogP contribution in [0.4, 0.5) is 5.13 Å². The van der Waals surface area contributed by atoms with E-state index < -0.39 is 0 Å². The predicted molar refractivity (Wildman–Crippen MR) is 75.6 cm³/mol. The van der Waals surface area contributed by atoms with Gasteiger partial charge in [-0.2, -0.15) is 0 Å². The third kappa shape index (κ3) is 1.85. The first kappa shape index (κ1) is 11.5. The Morgan fingerprint density at radius 3 is 2.83 bits per heavy atom. The van der Waals surface area contributed by atoms with Gasteiger partial charge in [0.05, 0.1) is 15.6 Å². The zero-order valence-electron chi connectivity index (χ0n) is 9.94. The molecule has 0 amide bonds. The van der Waals surface area contributed by atoms with Crippen LogP contribution in [-0.2, 0) is 0 Å². The Kier molecular flexibility index (Phi) is 2.72. The minimum absolute atomic E-state index is 0.698. The lowest BCUT2D eigenvalue weighted by atomic mass is 10.3. The zero-order chi connectivity index (χ0) is 12.7. The van der Waals surface area contributed by atoms with E-state index in [1.807, 2.05) is 42.9 Å². The molecule has 0 aliphatic heterocycles. The summed E-state index contributed by atoms with van der Waals surface area (Å²) in [6.07, 6.45) is 3.82. The van der Waals surface area contributed by atoms with Crippen LogP contribution < -0.4 is 5.32 Å². The van der Waals surface area contributed by atoms with E-state index in [0.29, 0.717) is 5.02 Å². The van der Waals surface area contributed by atoms with Crippen molar-refractivity contribution in [3.63, 3.8) is 0 Å². The fourth-order valence-corrected chi connectivity index (χ4v) is 2.86. The molecular weight excluding hydrogens is 268 g/mol. The third-order valence-electron chi connectivity index (χ3n) is 2.66. The Bertz CT molecular complexity index is 716. The van der Waals surface area contributed by atoms with Crippen molar-refractivity contribution in [2.45, 2.75) is 6.92 Å². The summed E-state index contributed by atoms with van der Waals surface area (Å²) < 4.78 is 1.93. The summed E-state index contributed by atoms with van der Waals surface area (Å²) in [5.74, 6) is 0. The molecule has 0 bridgehead atoms. The van der Waals surface area contributed by atoms with Gasteiger partial charge in [0.1, 0.15) is 11.3 Å². The van der Waals surface area contributed by atoms with Gasteiger partial charge in [0.25, 0.3) is 0 Å². The van der Waals surface area contributed by atoms with Crippen molar-refractivity contribution in [2.24, 2.45) is 0 Å². The quantitative estimate of drug-likeness (QED) is 0.780. The van der Waals surface area contributed by atoms with Crippen LogP contribution in [0.2, 0.25) is 5.02 Å². The van der Waals surface area contributed by atoms with Crippen molar-refractivity contribution in [1.29, 1.82) is 0 Å². The monoisotopic (exact) mass is 278 g/mol. The highest BCUT2D eigenvalue weighted by Gasteiger charge is 2.12. The smallest absolute Gasteiger partial charge is 0.183 e. The molecule has 92 valence electrons. The topological polar surface area (TPSA) is 42.2 Å². The highest BCUT2D eigenvalue weighted by atomic mass is 35.5. The highest BCUT2D eigenvalue weighted by Crippen LogP contribution is 2.32. The number of fused-ring (bicyclic) bond motifs is 1. The number of aryl methyl sites for hydroxylation is 1. The minimum Gasteiger partial charge on any atom is -0.365 e. The van der Waals surface area contributed by atoms with Gasteiger partial charge in [-0.15, -0.1) is 0 Å². The lowest BCUT2D eigenvalue weighted by molar-refractivity contribution is 1.19. The fourth-order valence-electron chi connectivity index (χ4n) is 1.82. The Balaban J connectivity index is 2.15. The van der Waals surface area contributed by atoms with E-state index in [-0.39, 0.29) is 0 Å². The molecule has 0 saturated heterocycles. The summed E-state index contributed by atoms with van der Waals surface area (Å²) in [4.78, 5) is 10.1. The number of imidazole rings is 1. The van der Waals surface area contributed by atoms with Crippen molar-refractivity contribution in [1.82, 2.24) is 14.4 Å². The van der Waals surface area contributed by atoms with Gasteiger partial charge in [0.2, 0.25) is 0 Å². The normalized spacial score (nSPS) is 11.1. The number of hydrogen-bond acceptors (Lipinski definition) is 4. The van der Waals surface area contributed by atoms with Crippen molar-refractivity contribution >= 4 is 33.7 Å². The van der Waals surface area contributed by atoms with Crippen molar-refractivity contribution < 1.29 is 0 Å². The molecule has 0 aliphatic carbocycles. The van der Waals surface area contributed by atoms with E-state index in [1.54, 1.807) is 11.3 Å². The number of anilines is 1. The Morgan fingerprint density at radius 2 is 2.11 bits per heavy atom. The van der Waals surface area contributed by atoms with Crippen LogP contribution in [0, 0.1) is 6.92 Å². The van der Waals surface area contributed by atoms with Gasteiger partial charge in [-0.05, 0) is 19.1 Å². The largest absolute Gasteiger partial charge is 0.365 e. The summed E-state index contributed by atoms with van der Waals surface area (Å²) in [5, 5.41) is 4.65. The highest BCUT2D eigenvalue weighted by molar-refractivity contribution is 7.19. The number of nitrogens with zero attached hydrogens (tertiary/aromatic N) is 3. The average molecular weight is 279 g/mol. The average Bonchev–Trinajstić information content (AvgIpc) is 2.91. The van der Waals surface area contributed by atoms with Gasteiger partial charge >= 0.3 is 0 Å². The van der Waals surface area contributed by atoms with Gasteiger partial charge < -0.3 is 9.72 Å². The van der Waals surface area contributed by atoms with Crippen molar-refractivity contribution in [3.05, 3.63) is 35.2 Å². The summed E-state index contributed by atoms with van der Waals surface area (Å²) in [5.41, 5.74) is 2.79. The predicted octanol–water partition coefficient (Wildman–Crippen LogP) is 3.46. The van der Waals surface area contributed by atoms with E-state index in [2.05, 4.69) is 15.3 Å². The van der Waals surface area contributed by atoms with E-state index in [0.717, 1.165) is 27.0 Å². The molecule has 0 saturated carbocycles. The molecular formula is C12H11ClN4S. The van der Waals surface area contributed by atoms with E-state index in [4.69, 9.17) is 11.6 Å². The first-order valence-electron chi connectivity index (χ1n) is 5.47. The molecule has 1 N–H and O–H groups in total. The molecule has 3 aromatic rings. The number of pyridine rings is 1. The number of thiazole rings is 1. The third-order valence-corrected chi connectivity index (χ3v) is 4.08. The van der Waals surface area contributed by atoms with Crippen LogP contribution in [0.1, 0.15) is 5.69 Å². The zero-order valence-corrected chi connectivity index (χ0v) is 11.5. The first-order chi connectivity index (χ1) is 8.67. The molecule has 18 heavy (non-hydrogen) atoms. The number of aromatic nitrogens is 3. The van der Waals surface area contributed by atoms with E-state index >= 15 is 0 Å². The van der Waals surface area contributed by atoms with Crippen LogP contribution in [-0.4, -0.2) is 21.4 Å². The number of hydrogen-bond donors (Lipinski definition) is 1. The van der Waals surface area contributed by atoms with Crippen molar-refractivity contribution in [3.8, 4) is 10.6 Å². The molecule has 3 rings (SSSR count). The lowest BCUT2D eigenvalue weighted by Crippen LogP contribution is -1.84. The van der Waals surface area contributed by atoms with Gasteiger partial charge in [0, 0.05) is 19.4 Å². The minimum atomic E-state index is 0.698. The Morgan fingerprint density at radius 1 is 1.28 bits per heavy atom. The summed E-state index contributed by atoms with van der Waals surface area (Å²) >= 11 is 7.56. The van der Waals surface area contributed by atoms with Crippen molar-refractivity contribution in [2.75, 3.05) is 12.4 Å². The van der Waals surface area contributed by atoms with Gasteiger partial charge in [0.15, 0.2) is 5.13 Å². The molecule has 3 aromatic heterocycles. The van der Waals surface area contributed by atoms with Gasteiger partial charge in [-0.3, -0.25) is 0 Å². The maximum atomic E-state index is 5.96. The van der Waals surface area contributed by atoms with Crippen LogP contribution >= 0.6 is 22.9 Å². The molecule has 4 nitrogen and oxygen atoms in total. The van der Waals surface area contributed by atoms with E-state index in [1.165, 1.54) is 0 Å². The molecule has 6 heteroatoms. The summed E-state index contributed by atoms with van der Waals surface area (Å²) in [7, 11) is 1.87. The van der Waals surface area contributed by atoms with Crippen LogP contribution in [0.5, 0.6) is 0 Å². The summed E-state index contributed by atoms with van der Waals surface area (Å²) in [6.45, 7) is 1.99. The summed E-state index contributed by atoms with van der Waals surface area (Å²) in [6, 6.07) is 3.74. The second-order valence-corrected chi connectivity index (χ2v) is 5.36. The van der Waals surface area contributed by atoms with E-state index in [9.17, 15) is 0 Å². The maximum absolute atomic E-state index is 5.96.